The van der Waals surface area contributed by atoms with Crippen molar-refractivity contribution in [3.05, 3.63) is 29.8 Å². The van der Waals surface area contributed by atoms with Gasteiger partial charge in [0.05, 0.1) is 18.8 Å². The topological polar surface area (TPSA) is 21.8 Å². The molecule has 0 radical (unpaired) electrons. The molecule has 0 aliphatic carbocycles. The zero-order valence-corrected chi connectivity index (χ0v) is 13.8. The van der Waals surface area contributed by atoms with Gasteiger partial charge in [-0.1, -0.05) is 52.2 Å². The number of epoxide rings is 1. The highest BCUT2D eigenvalue weighted by molar-refractivity contribution is 5.29. The number of ether oxygens (including phenoxy) is 2. The summed E-state index contributed by atoms with van der Waals surface area (Å²) in [7, 11) is 0. The summed E-state index contributed by atoms with van der Waals surface area (Å²) < 4.78 is 11.4. The Morgan fingerprint density at radius 2 is 1.81 bits per heavy atom. The fourth-order valence-electron chi connectivity index (χ4n) is 2.84. The van der Waals surface area contributed by atoms with Crippen LogP contribution >= 0.6 is 0 Å². The summed E-state index contributed by atoms with van der Waals surface area (Å²) in [6.07, 6.45) is 8.28. The molecule has 0 N–H and O–H groups in total. The van der Waals surface area contributed by atoms with Gasteiger partial charge < -0.3 is 9.47 Å². The van der Waals surface area contributed by atoms with Crippen LogP contribution in [0, 0.1) is 0 Å². The highest BCUT2D eigenvalue weighted by Gasteiger charge is 2.37. The smallest absolute Gasteiger partial charge is 0.119 e. The molecule has 1 fully saturated rings. The van der Waals surface area contributed by atoms with Gasteiger partial charge in [-0.3, -0.25) is 0 Å². The van der Waals surface area contributed by atoms with E-state index < -0.39 is 0 Å². The summed E-state index contributed by atoms with van der Waals surface area (Å²) in [5, 5.41) is 0. The van der Waals surface area contributed by atoms with Crippen molar-refractivity contribution in [2.24, 2.45) is 0 Å². The first-order chi connectivity index (χ1) is 10.2. The molecule has 0 amide bonds. The van der Waals surface area contributed by atoms with Crippen molar-refractivity contribution in [3.8, 4) is 5.75 Å². The Labute approximate surface area is 129 Å². The number of unbranched alkanes of at least 4 members (excludes halogenated alkanes) is 3. The first-order valence-corrected chi connectivity index (χ1v) is 8.62. The molecule has 1 aromatic carbocycles. The molecular formula is C19H30O2. The Kier molecular flexibility index (Phi) is 6.56. The van der Waals surface area contributed by atoms with Crippen LogP contribution in [0.15, 0.2) is 24.3 Å². The van der Waals surface area contributed by atoms with Crippen molar-refractivity contribution in [1.82, 2.24) is 0 Å². The number of hydrogen-bond donors (Lipinski definition) is 0. The van der Waals surface area contributed by atoms with Crippen LogP contribution < -0.4 is 4.74 Å². The van der Waals surface area contributed by atoms with Gasteiger partial charge in [0.15, 0.2) is 0 Å². The summed E-state index contributed by atoms with van der Waals surface area (Å²) in [6.45, 7) is 7.55. The Hall–Kier alpha value is -1.02. The van der Waals surface area contributed by atoms with Crippen LogP contribution in [0.3, 0.4) is 0 Å². The van der Waals surface area contributed by atoms with Crippen LogP contribution in [0.4, 0.5) is 0 Å². The van der Waals surface area contributed by atoms with Crippen molar-refractivity contribution in [1.29, 1.82) is 0 Å². The van der Waals surface area contributed by atoms with Gasteiger partial charge in [-0.05, 0) is 42.9 Å². The molecule has 0 saturated carbocycles. The molecule has 1 saturated heterocycles. The molecular weight excluding hydrogens is 260 g/mol. The van der Waals surface area contributed by atoms with Crippen molar-refractivity contribution in [2.45, 2.75) is 77.4 Å². The second-order valence-electron chi connectivity index (χ2n) is 6.24. The van der Waals surface area contributed by atoms with E-state index in [4.69, 9.17) is 9.47 Å². The van der Waals surface area contributed by atoms with Gasteiger partial charge in [-0.25, -0.2) is 0 Å². The van der Waals surface area contributed by atoms with E-state index in [2.05, 4.69) is 45.0 Å². The Bertz CT molecular complexity index is 399. The van der Waals surface area contributed by atoms with E-state index in [-0.39, 0.29) is 0 Å². The minimum Gasteiger partial charge on any atom is -0.494 e. The molecule has 3 atom stereocenters. The summed E-state index contributed by atoms with van der Waals surface area (Å²) in [4.78, 5) is 0. The molecule has 2 rings (SSSR count). The van der Waals surface area contributed by atoms with Gasteiger partial charge in [0.25, 0.3) is 0 Å². The van der Waals surface area contributed by atoms with E-state index in [1.165, 1.54) is 24.8 Å². The third-order valence-corrected chi connectivity index (χ3v) is 4.39. The molecule has 0 aromatic heterocycles. The van der Waals surface area contributed by atoms with Crippen molar-refractivity contribution < 1.29 is 9.47 Å². The molecule has 2 nitrogen and oxygen atoms in total. The van der Waals surface area contributed by atoms with E-state index in [9.17, 15) is 0 Å². The quantitative estimate of drug-likeness (QED) is 0.430. The van der Waals surface area contributed by atoms with Crippen molar-refractivity contribution in [3.63, 3.8) is 0 Å². The van der Waals surface area contributed by atoms with Gasteiger partial charge in [0.1, 0.15) is 5.75 Å². The molecule has 0 bridgehead atoms. The second kappa shape index (κ2) is 8.43. The number of hydrogen-bond acceptors (Lipinski definition) is 2. The number of rotatable bonds is 10. The van der Waals surface area contributed by atoms with Crippen molar-refractivity contribution in [2.75, 3.05) is 6.61 Å². The minimum atomic E-state index is 0.486. The summed E-state index contributed by atoms with van der Waals surface area (Å²) in [5.41, 5.74) is 1.39. The second-order valence-corrected chi connectivity index (χ2v) is 6.24. The summed E-state index contributed by atoms with van der Waals surface area (Å²) in [5.74, 6) is 1.56. The zero-order chi connectivity index (χ0) is 15.1. The van der Waals surface area contributed by atoms with Crippen LogP contribution in [0.25, 0.3) is 0 Å². The van der Waals surface area contributed by atoms with Crippen LogP contribution in [-0.2, 0) is 4.74 Å². The van der Waals surface area contributed by atoms with E-state index in [1.807, 2.05) is 0 Å². The van der Waals surface area contributed by atoms with Crippen LogP contribution in [0.2, 0.25) is 0 Å². The average molecular weight is 290 g/mol. The Morgan fingerprint density at radius 1 is 1.05 bits per heavy atom. The summed E-state index contributed by atoms with van der Waals surface area (Å²) >= 11 is 0. The molecule has 3 unspecified atom stereocenters. The normalized spacial score (nSPS) is 22.0. The third kappa shape index (κ3) is 5.35. The fraction of sp³-hybridized carbons (Fsp3) is 0.684. The van der Waals surface area contributed by atoms with Crippen molar-refractivity contribution >= 4 is 0 Å². The van der Waals surface area contributed by atoms with Gasteiger partial charge in [0, 0.05) is 0 Å². The Balaban J connectivity index is 1.71. The lowest BCUT2D eigenvalue weighted by Gasteiger charge is -2.12. The first-order valence-electron chi connectivity index (χ1n) is 8.62. The molecule has 2 heteroatoms. The van der Waals surface area contributed by atoms with Gasteiger partial charge in [0.2, 0.25) is 0 Å². The highest BCUT2D eigenvalue weighted by Crippen LogP contribution is 2.34. The summed E-state index contributed by atoms with van der Waals surface area (Å²) in [6, 6.07) is 8.62. The van der Waals surface area contributed by atoms with Crippen LogP contribution in [-0.4, -0.2) is 18.8 Å². The first kappa shape index (κ1) is 16.4. The molecule has 1 heterocycles. The maximum Gasteiger partial charge on any atom is 0.119 e. The monoisotopic (exact) mass is 290 g/mol. The predicted octanol–water partition coefficient (Wildman–Crippen LogP) is 5.32. The third-order valence-electron chi connectivity index (χ3n) is 4.39. The van der Waals surface area contributed by atoms with Crippen LogP contribution in [0.5, 0.6) is 5.75 Å². The fourth-order valence-corrected chi connectivity index (χ4v) is 2.84. The molecule has 1 aliphatic heterocycles. The van der Waals surface area contributed by atoms with Gasteiger partial charge in [-0.15, -0.1) is 0 Å². The number of benzene rings is 1. The molecule has 1 aliphatic rings. The van der Waals surface area contributed by atoms with E-state index in [0.717, 1.165) is 31.6 Å². The Morgan fingerprint density at radius 3 is 2.43 bits per heavy atom. The lowest BCUT2D eigenvalue weighted by Crippen LogP contribution is -2.01. The zero-order valence-electron chi connectivity index (χ0n) is 13.8. The van der Waals surface area contributed by atoms with Gasteiger partial charge >= 0.3 is 0 Å². The van der Waals surface area contributed by atoms with Crippen LogP contribution in [0.1, 0.15) is 70.8 Å². The lowest BCUT2D eigenvalue weighted by atomic mass is 9.95. The van der Waals surface area contributed by atoms with Gasteiger partial charge in [-0.2, -0.15) is 0 Å². The molecule has 0 spiro atoms. The largest absolute Gasteiger partial charge is 0.494 e. The molecule has 21 heavy (non-hydrogen) atoms. The highest BCUT2D eigenvalue weighted by atomic mass is 16.6. The maximum absolute atomic E-state index is 5.79. The SMILES string of the molecule is CCCCCCOc1ccc(C(C)CC2OC2CC)cc1. The predicted molar refractivity (Wildman–Crippen MR) is 88.1 cm³/mol. The molecule has 1 aromatic rings. The molecule has 118 valence electrons. The lowest BCUT2D eigenvalue weighted by molar-refractivity contribution is 0.305. The average Bonchev–Trinajstić information content (AvgIpc) is 3.26. The maximum atomic E-state index is 5.79. The van der Waals surface area contributed by atoms with E-state index in [0.29, 0.717) is 18.1 Å². The minimum absolute atomic E-state index is 0.486. The van der Waals surface area contributed by atoms with E-state index in [1.54, 1.807) is 0 Å². The van der Waals surface area contributed by atoms with E-state index >= 15 is 0 Å². The standard InChI is InChI=1S/C19H30O2/c1-4-6-7-8-13-20-17-11-9-16(10-12-17)15(3)14-19-18(5-2)21-19/h9-12,15,18-19H,4-8,13-14H2,1-3H3.